The summed E-state index contributed by atoms with van der Waals surface area (Å²) in [6.45, 7) is 5.75. The molecule has 1 N–H and O–H groups in total. The largest absolute Gasteiger partial charge is 0.384 e. The molecular weight excluding hydrogens is 284 g/mol. The molecule has 0 radical (unpaired) electrons. The second-order valence-electron chi connectivity index (χ2n) is 6.06. The van der Waals surface area contributed by atoms with Crippen molar-refractivity contribution in [2.24, 2.45) is 0 Å². The topological polar surface area (TPSA) is 32.3 Å². The number of anilines is 2. The van der Waals surface area contributed by atoms with Crippen LogP contribution in [0.3, 0.4) is 0 Å². The summed E-state index contributed by atoms with van der Waals surface area (Å²) in [4.78, 5) is 14.4. The number of carbonyl (C=O) groups excluding carboxylic acids is 1. The summed E-state index contributed by atoms with van der Waals surface area (Å²) in [6.07, 6.45) is 2.48. The molecule has 1 amide bonds. The number of aryl methyl sites for hydroxylation is 2. The van der Waals surface area contributed by atoms with Crippen molar-refractivity contribution in [3.8, 4) is 0 Å². The van der Waals surface area contributed by atoms with E-state index in [9.17, 15) is 4.79 Å². The predicted molar refractivity (Wildman–Crippen MR) is 96.2 cm³/mol. The normalized spacial score (nSPS) is 13.0. The van der Waals surface area contributed by atoms with Gasteiger partial charge in [0, 0.05) is 30.9 Å². The molecule has 3 nitrogen and oxygen atoms in total. The van der Waals surface area contributed by atoms with Gasteiger partial charge < -0.3 is 10.2 Å². The van der Waals surface area contributed by atoms with Crippen molar-refractivity contribution in [3.05, 3.63) is 59.2 Å². The number of rotatable bonds is 5. The Morgan fingerprint density at radius 3 is 2.83 bits per heavy atom. The summed E-state index contributed by atoms with van der Waals surface area (Å²) in [5.74, 6) is 0.203. The molecule has 1 aliphatic rings. The van der Waals surface area contributed by atoms with Crippen LogP contribution >= 0.6 is 0 Å². The molecule has 0 aromatic heterocycles. The van der Waals surface area contributed by atoms with E-state index in [1.165, 1.54) is 22.4 Å². The van der Waals surface area contributed by atoms with Crippen molar-refractivity contribution in [2.45, 2.75) is 33.1 Å². The minimum absolute atomic E-state index is 0.203. The van der Waals surface area contributed by atoms with Crippen LogP contribution in [0.2, 0.25) is 0 Å². The minimum Gasteiger partial charge on any atom is -0.384 e. The van der Waals surface area contributed by atoms with Gasteiger partial charge in [0.05, 0.1) is 0 Å². The lowest BCUT2D eigenvalue weighted by Crippen LogP contribution is -2.30. The smallest absolute Gasteiger partial charge is 0.228 e. The molecule has 1 aliphatic heterocycles. The first-order valence-electron chi connectivity index (χ1n) is 8.41. The average molecular weight is 308 g/mol. The Morgan fingerprint density at radius 2 is 2.00 bits per heavy atom. The summed E-state index contributed by atoms with van der Waals surface area (Å²) in [6, 6.07) is 14.5. The van der Waals surface area contributed by atoms with Gasteiger partial charge in [-0.15, -0.1) is 0 Å². The second kappa shape index (κ2) is 6.86. The first-order valence-corrected chi connectivity index (χ1v) is 8.41. The fourth-order valence-electron chi connectivity index (χ4n) is 3.30. The van der Waals surface area contributed by atoms with Crippen LogP contribution in [0, 0.1) is 6.92 Å². The maximum Gasteiger partial charge on any atom is 0.228 e. The minimum atomic E-state index is 0.203. The third-order valence-electron chi connectivity index (χ3n) is 4.57. The Bertz CT molecular complexity index is 709. The molecule has 0 saturated carbocycles. The summed E-state index contributed by atoms with van der Waals surface area (Å²) in [5, 5.41) is 3.46. The number of nitrogens with one attached hydrogen (secondary N) is 1. The fraction of sp³-hybridized carbons (Fsp3) is 0.350. The number of benzene rings is 2. The predicted octanol–water partition coefficient (Wildman–Crippen LogP) is 3.95. The Hall–Kier alpha value is -2.29. The lowest BCUT2D eigenvalue weighted by molar-refractivity contribution is -0.118. The Balaban J connectivity index is 1.61. The van der Waals surface area contributed by atoms with E-state index in [4.69, 9.17) is 0 Å². The third-order valence-corrected chi connectivity index (χ3v) is 4.57. The molecule has 0 saturated heterocycles. The van der Waals surface area contributed by atoms with Crippen LogP contribution in [-0.4, -0.2) is 19.0 Å². The van der Waals surface area contributed by atoms with Crippen molar-refractivity contribution in [1.82, 2.24) is 0 Å². The number of para-hydroxylation sites is 2. The maximum absolute atomic E-state index is 12.5. The number of hydrogen-bond donors (Lipinski definition) is 1. The van der Waals surface area contributed by atoms with Crippen molar-refractivity contribution in [3.63, 3.8) is 0 Å². The van der Waals surface area contributed by atoms with Gasteiger partial charge in [-0.25, -0.2) is 0 Å². The summed E-state index contributed by atoms with van der Waals surface area (Å²) in [7, 11) is 0. The van der Waals surface area contributed by atoms with Crippen molar-refractivity contribution >= 4 is 17.3 Å². The molecule has 0 bridgehead atoms. The molecule has 0 atom stereocenters. The van der Waals surface area contributed by atoms with E-state index in [-0.39, 0.29) is 5.91 Å². The van der Waals surface area contributed by atoms with Crippen LogP contribution in [0.5, 0.6) is 0 Å². The molecule has 120 valence electrons. The number of nitrogens with zero attached hydrogens (tertiary/aromatic N) is 1. The molecule has 0 spiro atoms. The van der Waals surface area contributed by atoms with Gasteiger partial charge in [0.25, 0.3) is 0 Å². The maximum atomic E-state index is 12.5. The lowest BCUT2D eigenvalue weighted by atomic mass is 10.1. The number of carbonyl (C=O) groups is 1. The lowest BCUT2D eigenvalue weighted by Gasteiger charge is -2.18. The van der Waals surface area contributed by atoms with Crippen LogP contribution in [-0.2, 0) is 17.6 Å². The van der Waals surface area contributed by atoms with Gasteiger partial charge in [-0.1, -0.05) is 43.3 Å². The summed E-state index contributed by atoms with van der Waals surface area (Å²) >= 11 is 0. The van der Waals surface area contributed by atoms with E-state index in [0.29, 0.717) is 13.0 Å². The van der Waals surface area contributed by atoms with Gasteiger partial charge in [0.2, 0.25) is 5.91 Å². The second-order valence-corrected chi connectivity index (χ2v) is 6.06. The quantitative estimate of drug-likeness (QED) is 0.907. The molecule has 2 aromatic carbocycles. The highest BCUT2D eigenvalue weighted by Crippen LogP contribution is 2.28. The molecule has 0 aliphatic carbocycles. The third kappa shape index (κ3) is 3.24. The van der Waals surface area contributed by atoms with Gasteiger partial charge in [0.1, 0.15) is 0 Å². The van der Waals surface area contributed by atoms with Crippen LogP contribution in [0.15, 0.2) is 42.5 Å². The van der Waals surface area contributed by atoms with Gasteiger partial charge in [-0.05, 0) is 42.5 Å². The molecule has 3 rings (SSSR count). The highest BCUT2D eigenvalue weighted by Gasteiger charge is 2.23. The summed E-state index contributed by atoms with van der Waals surface area (Å²) < 4.78 is 0. The Morgan fingerprint density at radius 1 is 1.17 bits per heavy atom. The first kappa shape index (κ1) is 15.6. The SMILES string of the molecule is CCc1cccc(C)c1NCCC(=O)N1CCc2ccccc21. The average Bonchev–Trinajstić information content (AvgIpc) is 3.00. The molecule has 2 aromatic rings. The Kier molecular flexibility index (Phi) is 4.65. The molecule has 23 heavy (non-hydrogen) atoms. The van der Waals surface area contributed by atoms with E-state index >= 15 is 0 Å². The number of amides is 1. The van der Waals surface area contributed by atoms with Crippen molar-refractivity contribution in [1.29, 1.82) is 0 Å². The van der Waals surface area contributed by atoms with Gasteiger partial charge in [-0.3, -0.25) is 4.79 Å². The van der Waals surface area contributed by atoms with E-state index in [2.05, 4.69) is 43.4 Å². The van der Waals surface area contributed by atoms with Gasteiger partial charge >= 0.3 is 0 Å². The van der Waals surface area contributed by atoms with Crippen LogP contribution in [0.25, 0.3) is 0 Å². The standard InChI is InChI=1S/C20H24N2O/c1-3-16-9-6-7-15(2)20(16)21-13-11-19(23)22-14-12-17-8-4-5-10-18(17)22/h4-10,21H,3,11-14H2,1-2H3. The van der Waals surface area contributed by atoms with Gasteiger partial charge in [0.15, 0.2) is 0 Å². The monoisotopic (exact) mass is 308 g/mol. The van der Waals surface area contributed by atoms with E-state index in [1.54, 1.807) is 0 Å². The van der Waals surface area contributed by atoms with Crippen molar-refractivity contribution in [2.75, 3.05) is 23.3 Å². The van der Waals surface area contributed by atoms with Gasteiger partial charge in [-0.2, -0.15) is 0 Å². The molecule has 1 heterocycles. The zero-order valence-electron chi connectivity index (χ0n) is 13.9. The number of hydrogen-bond acceptors (Lipinski definition) is 2. The van der Waals surface area contributed by atoms with Crippen molar-refractivity contribution < 1.29 is 4.79 Å². The van der Waals surface area contributed by atoms with E-state index in [0.717, 1.165) is 25.1 Å². The van der Waals surface area contributed by atoms with Crippen LogP contribution < -0.4 is 10.2 Å². The molecular formula is C20H24N2O. The Labute approximate surface area is 138 Å². The fourth-order valence-corrected chi connectivity index (χ4v) is 3.30. The highest BCUT2D eigenvalue weighted by atomic mass is 16.2. The van der Waals surface area contributed by atoms with E-state index in [1.807, 2.05) is 23.1 Å². The molecule has 3 heteroatoms. The first-order chi connectivity index (χ1) is 11.2. The zero-order chi connectivity index (χ0) is 16.2. The van der Waals surface area contributed by atoms with Crippen LogP contribution in [0.1, 0.15) is 30.0 Å². The zero-order valence-corrected chi connectivity index (χ0v) is 13.9. The molecule has 0 fully saturated rings. The van der Waals surface area contributed by atoms with E-state index < -0.39 is 0 Å². The highest BCUT2D eigenvalue weighted by molar-refractivity contribution is 5.95. The number of fused-ring (bicyclic) bond motifs is 1. The van der Waals surface area contributed by atoms with Crippen LogP contribution in [0.4, 0.5) is 11.4 Å². The summed E-state index contributed by atoms with van der Waals surface area (Å²) in [5.41, 5.74) is 6.10. The molecule has 0 unspecified atom stereocenters.